The van der Waals surface area contributed by atoms with E-state index in [-0.39, 0.29) is 0 Å². The molecule has 0 amide bonds. The lowest BCUT2D eigenvalue weighted by Gasteiger charge is -2.05. The summed E-state index contributed by atoms with van der Waals surface area (Å²) in [5.41, 5.74) is 3.16. The third-order valence-corrected chi connectivity index (χ3v) is 3.21. The Kier molecular flexibility index (Phi) is 4.72. The van der Waals surface area contributed by atoms with Gasteiger partial charge >= 0.3 is 5.97 Å². The number of benzene rings is 1. The molecule has 2 aromatic rings. The summed E-state index contributed by atoms with van der Waals surface area (Å²) in [5.74, 6) is -0.0550. The molecule has 4 heteroatoms. The molecule has 0 atom stereocenters. The normalized spacial score (nSPS) is 11.2. The van der Waals surface area contributed by atoms with Crippen LogP contribution in [0.4, 0.5) is 5.82 Å². The molecule has 0 saturated carbocycles. The second-order valence-corrected chi connectivity index (χ2v) is 4.61. The number of carboxylic acids is 1. The number of nitrogens with one attached hydrogen (secondary N) is 1. The minimum Gasteiger partial charge on any atom is -0.478 e. The summed E-state index contributed by atoms with van der Waals surface area (Å²) >= 11 is 0. The van der Waals surface area contributed by atoms with E-state index in [1.165, 1.54) is 0 Å². The maximum absolute atomic E-state index is 11.0. The molecule has 0 bridgehead atoms. The smallest absolute Gasteiger partial charge is 0.331 e. The summed E-state index contributed by atoms with van der Waals surface area (Å²) in [7, 11) is 1.83. The van der Waals surface area contributed by atoms with Gasteiger partial charge in [-0.3, -0.25) is 0 Å². The molecule has 0 fully saturated rings. The molecule has 0 aliphatic rings. The second kappa shape index (κ2) is 6.70. The first kappa shape index (κ1) is 14.8. The second-order valence-electron chi connectivity index (χ2n) is 4.61. The van der Waals surface area contributed by atoms with E-state index >= 15 is 0 Å². The number of anilines is 1. The first-order valence-electron chi connectivity index (χ1n) is 6.83. The Bertz CT molecular complexity index is 661. The van der Waals surface area contributed by atoms with Gasteiger partial charge in [0.2, 0.25) is 0 Å². The highest BCUT2D eigenvalue weighted by molar-refractivity contribution is 5.92. The summed E-state index contributed by atoms with van der Waals surface area (Å²) in [5, 5.41) is 12.0. The molecule has 1 aromatic heterocycles. The molecular formula is C17H18N2O2. The molecule has 2 N–H and O–H groups in total. The summed E-state index contributed by atoms with van der Waals surface area (Å²) in [6.45, 7) is 1.83. The monoisotopic (exact) mass is 282 g/mol. The molecule has 4 nitrogen and oxygen atoms in total. The van der Waals surface area contributed by atoms with Crippen LogP contribution in [0.5, 0.6) is 0 Å². The number of hydrogen-bond acceptors (Lipinski definition) is 3. The standard InChI is InChI=1S/C17H18N2O2/c1-3-13(17(20)21)11-12-7-9-14(10-8-12)15-5-4-6-16(18-2)19-15/h4-11H,3H2,1-2H3,(H,18,19)(H,20,21)/b13-11-. The molecule has 0 saturated heterocycles. The van der Waals surface area contributed by atoms with Crippen molar-refractivity contribution < 1.29 is 9.90 Å². The van der Waals surface area contributed by atoms with Crippen molar-refractivity contribution in [3.05, 3.63) is 53.6 Å². The van der Waals surface area contributed by atoms with Crippen LogP contribution in [0.2, 0.25) is 0 Å². The lowest BCUT2D eigenvalue weighted by atomic mass is 10.1. The minimum absolute atomic E-state index is 0.401. The Morgan fingerprint density at radius 2 is 1.95 bits per heavy atom. The van der Waals surface area contributed by atoms with Crippen LogP contribution in [-0.4, -0.2) is 23.1 Å². The van der Waals surface area contributed by atoms with E-state index in [1.807, 2.05) is 56.4 Å². The van der Waals surface area contributed by atoms with Gasteiger partial charge in [0.25, 0.3) is 0 Å². The van der Waals surface area contributed by atoms with E-state index in [0.717, 1.165) is 22.6 Å². The van der Waals surface area contributed by atoms with Gasteiger partial charge in [0.1, 0.15) is 5.82 Å². The number of aromatic nitrogens is 1. The van der Waals surface area contributed by atoms with Crippen LogP contribution in [0.1, 0.15) is 18.9 Å². The van der Waals surface area contributed by atoms with E-state index < -0.39 is 5.97 Å². The van der Waals surface area contributed by atoms with Crippen LogP contribution < -0.4 is 5.32 Å². The quantitative estimate of drug-likeness (QED) is 0.821. The van der Waals surface area contributed by atoms with E-state index in [2.05, 4.69) is 10.3 Å². The average molecular weight is 282 g/mol. The van der Waals surface area contributed by atoms with E-state index in [4.69, 9.17) is 5.11 Å². The maximum atomic E-state index is 11.0. The van der Waals surface area contributed by atoms with Gasteiger partial charge in [-0.1, -0.05) is 37.3 Å². The molecule has 0 aliphatic carbocycles. The Labute approximate surface area is 124 Å². The Balaban J connectivity index is 2.28. The van der Waals surface area contributed by atoms with Crippen LogP contribution in [0.25, 0.3) is 17.3 Å². The fraction of sp³-hybridized carbons (Fsp3) is 0.176. The number of nitrogens with zero attached hydrogens (tertiary/aromatic N) is 1. The number of pyridine rings is 1. The highest BCUT2D eigenvalue weighted by Gasteiger charge is 2.05. The molecule has 0 spiro atoms. The maximum Gasteiger partial charge on any atom is 0.331 e. The number of carboxylic acid groups (broad SMARTS) is 1. The molecule has 0 aliphatic heterocycles. The summed E-state index contributed by atoms with van der Waals surface area (Å²) in [6.07, 6.45) is 2.20. The fourth-order valence-corrected chi connectivity index (χ4v) is 2.00. The van der Waals surface area contributed by atoms with Gasteiger partial charge in [-0.15, -0.1) is 0 Å². The predicted octanol–water partition coefficient (Wildman–Crippen LogP) is 3.67. The fourth-order valence-electron chi connectivity index (χ4n) is 2.00. The summed E-state index contributed by atoms with van der Waals surface area (Å²) < 4.78 is 0. The van der Waals surface area contributed by atoms with Crippen molar-refractivity contribution in [1.82, 2.24) is 4.98 Å². The SMILES string of the molecule is CC/C(=C/c1ccc(-c2cccc(NC)n2)cc1)C(=O)O. The zero-order chi connectivity index (χ0) is 15.2. The van der Waals surface area contributed by atoms with Crippen LogP contribution in [0.3, 0.4) is 0 Å². The van der Waals surface area contributed by atoms with Crippen molar-refractivity contribution in [1.29, 1.82) is 0 Å². The third kappa shape index (κ3) is 3.69. The molecular weight excluding hydrogens is 264 g/mol. The largest absolute Gasteiger partial charge is 0.478 e. The van der Waals surface area contributed by atoms with Gasteiger partial charge in [0, 0.05) is 18.2 Å². The Morgan fingerprint density at radius 3 is 2.52 bits per heavy atom. The van der Waals surface area contributed by atoms with Crippen molar-refractivity contribution in [3.63, 3.8) is 0 Å². The lowest BCUT2D eigenvalue weighted by molar-refractivity contribution is -0.132. The topological polar surface area (TPSA) is 62.2 Å². The number of aliphatic carboxylic acids is 1. The van der Waals surface area contributed by atoms with Gasteiger partial charge in [0.15, 0.2) is 0 Å². The van der Waals surface area contributed by atoms with Crippen molar-refractivity contribution >= 4 is 17.9 Å². The van der Waals surface area contributed by atoms with Crippen molar-refractivity contribution in [2.45, 2.75) is 13.3 Å². The highest BCUT2D eigenvalue weighted by atomic mass is 16.4. The number of carbonyl (C=O) groups is 1. The van der Waals surface area contributed by atoms with E-state index in [9.17, 15) is 4.79 Å². The van der Waals surface area contributed by atoms with Gasteiger partial charge in [-0.25, -0.2) is 9.78 Å². The average Bonchev–Trinajstić information content (AvgIpc) is 2.53. The molecule has 0 unspecified atom stereocenters. The van der Waals surface area contributed by atoms with Gasteiger partial charge in [-0.05, 0) is 30.2 Å². The summed E-state index contributed by atoms with van der Waals surface area (Å²) in [4.78, 5) is 15.5. The molecule has 1 aromatic carbocycles. The molecule has 0 radical (unpaired) electrons. The summed E-state index contributed by atoms with van der Waals surface area (Å²) in [6, 6.07) is 13.5. The molecule has 2 rings (SSSR count). The van der Waals surface area contributed by atoms with E-state index in [1.54, 1.807) is 6.08 Å². The Morgan fingerprint density at radius 1 is 1.24 bits per heavy atom. The van der Waals surface area contributed by atoms with Gasteiger partial charge < -0.3 is 10.4 Å². The molecule has 108 valence electrons. The predicted molar refractivity (Wildman–Crippen MR) is 85.1 cm³/mol. The zero-order valence-electron chi connectivity index (χ0n) is 12.1. The van der Waals surface area contributed by atoms with Gasteiger partial charge in [-0.2, -0.15) is 0 Å². The number of rotatable bonds is 5. The first-order chi connectivity index (χ1) is 10.1. The van der Waals surface area contributed by atoms with E-state index in [0.29, 0.717) is 12.0 Å². The number of hydrogen-bond donors (Lipinski definition) is 2. The van der Waals surface area contributed by atoms with Crippen LogP contribution in [0, 0.1) is 0 Å². The lowest BCUT2D eigenvalue weighted by Crippen LogP contribution is -1.98. The van der Waals surface area contributed by atoms with Crippen LogP contribution in [-0.2, 0) is 4.79 Å². The zero-order valence-corrected chi connectivity index (χ0v) is 12.1. The first-order valence-corrected chi connectivity index (χ1v) is 6.83. The van der Waals surface area contributed by atoms with Crippen molar-refractivity contribution in [2.75, 3.05) is 12.4 Å². The van der Waals surface area contributed by atoms with Gasteiger partial charge in [0.05, 0.1) is 5.69 Å². The molecule has 21 heavy (non-hydrogen) atoms. The Hall–Kier alpha value is -2.62. The third-order valence-electron chi connectivity index (χ3n) is 3.21. The van der Waals surface area contributed by atoms with Crippen molar-refractivity contribution in [3.8, 4) is 11.3 Å². The molecule has 1 heterocycles. The minimum atomic E-state index is -0.870. The van der Waals surface area contributed by atoms with Crippen LogP contribution >= 0.6 is 0 Å². The highest BCUT2D eigenvalue weighted by Crippen LogP contribution is 2.20. The van der Waals surface area contributed by atoms with Crippen molar-refractivity contribution in [2.24, 2.45) is 0 Å². The van der Waals surface area contributed by atoms with Crippen LogP contribution in [0.15, 0.2) is 48.0 Å².